The van der Waals surface area contributed by atoms with E-state index in [9.17, 15) is 5.11 Å². The van der Waals surface area contributed by atoms with Crippen LogP contribution in [0.15, 0.2) is 22.3 Å². The molecule has 4 bridgehead atoms. The van der Waals surface area contributed by atoms with Crippen LogP contribution >= 0.6 is 0 Å². The molecule has 4 aliphatic carbocycles. The standard InChI is InChI=1S/C14H20O/c1-6(2)10-8-5-9-12(10)11(7(3)4)13(8)14(9)15/h8-9,12-15H,5H2,1-4H3/t8-,9+,12+,13-,14+/m0/s1. The summed E-state index contributed by atoms with van der Waals surface area (Å²) in [5, 5.41) is 10.2. The molecule has 1 nitrogen and oxygen atoms in total. The maximum Gasteiger partial charge on any atom is 0.0648 e. The molecule has 0 unspecified atom stereocenters. The van der Waals surface area contributed by atoms with Crippen molar-refractivity contribution in [3.63, 3.8) is 0 Å². The Morgan fingerprint density at radius 3 is 2.13 bits per heavy atom. The molecule has 0 aromatic rings. The van der Waals surface area contributed by atoms with Gasteiger partial charge in [-0.3, -0.25) is 0 Å². The third-order valence-corrected chi connectivity index (χ3v) is 4.78. The second-order valence-electron chi connectivity index (χ2n) is 5.91. The van der Waals surface area contributed by atoms with E-state index in [-0.39, 0.29) is 6.10 Å². The summed E-state index contributed by atoms with van der Waals surface area (Å²) in [6.45, 7) is 8.89. The van der Waals surface area contributed by atoms with Crippen molar-refractivity contribution in [2.24, 2.45) is 23.7 Å². The van der Waals surface area contributed by atoms with Gasteiger partial charge in [0.15, 0.2) is 0 Å². The van der Waals surface area contributed by atoms with Gasteiger partial charge < -0.3 is 5.11 Å². The summed E-state index contributed by atoms with van der Waals surface area (Å²) in [5.41, 5.74) is 6.21. The fraction of sp³-hybridized carbons (Fsp3) is 0.714. The van der Waals surface area contributed by atoms with Crippen LogP contribution in [0.2, 0.25) is 0 Å². The molecule has 5 atom stereocenters. The van der Waals surface area contributed by atoms with Crippen LogP contribution in [0.4, 0.5) is 0 Å². The number of hydrogen-bond acceptors (Lipinski definition) is 1. The monoisotopic (exact) mass is 204 g/mol. The second-order valence-corrected chi connectivity index (χ2v) is 5.91. The highest BCUT2D eigenvalue weighted by Gasteiger charge is 2.65. The first-order valence-corrected chi connectivity index (χ1v) is 6.06. The van der Waals surface area contributed by atoms with Crippen molar-refractivity contribution in [1.82, 2.24) is 0 Å². The van der Waals surface area contributed by atoms with Crippen LogP contribution in [-0.4, -0.2) is 11.2 Å². The summed E-state index contributed by atoms with van der Waals surface area (Å²) in [5.74, 6) is 2.33. The van der Waals surface area contributed by atoms with Crippen LogP contribution < -0.4 is 0 Å². The van der Waals surface area contributed by atoms with E-state index in [0.29, 0.717) is 23.7 Å². The molecule has 0 amide bonds. The van der Waals surface area contributed by atoms with Crippen LogP contribution in [0.3, 0.4) is 0 Å². The normalized spacial score (nSPS) is 45.8. The van der Waals surface area contributed by atoms with Crippen molar-refractivity contribution in [2.45, 2.75) is 40.2 Å². The molecule has 1 N–H and O–H groups in total. The molecule has 15 heavy (non-hydrogen) atoms. The minimum atomic E-state index is -0.0343. The lowest BCUT2D eigenvalue weighted by Gasteiger charge is -2.18. The van der Waals surface area contributed by atoms with Gasteiger partial charge in [0, 0.05) is 11.8 Å². The molecule has 4 aliphatic rings. The van der Waals surface area contributed by atoms with Crippen molar-refractivity contribution in [3.8, 4) is 0 Å². The van der Waals surface area contributed by atoms with E-state index >= 15 is 0 Å². The maximum atomic E-state index is 10.2. The molecule has 0 aromatic heterocycles. The van der Waals surface area contributed by atoms with Gasteiger partial charge in [-0.2, -0.15) is 0 Å². The molecular formula is C14H20O. The van der Waals surface area contributed by atoms with Gasteiger partial charge >= 0.3 is 0 Å². The van der Waals surface area contributed by atoms with Crippen LogP contribution in [0, 0.1) is 23.7 Å². The van der Waals surface area contributed by atoms with Gasteiger partial charge in [0.05, 0.1) is 6.10 Å². The fourth-order valence-electron chi connectivity index (χ4n) is 4.53. The summed E-state index contributed by atoms with van der Waals surface area (Å²) in [7, 11) is 0. The Morgan fingerprint density at radius 1 is 1.07 bits per heavy atom. The summed E-state index contributed by atoms with van der Waals surface area (Å²) < 4.78 is 0. The lowest BCUT2D eigenvalue weighted by atomic mass is 9.90. The number of hydrogen-bond donors (Lipinski definition) is 1. The molecule has 0 aliphatic heterocycles. The van der Waals surface area contributed by atoms with E-state index in [1.54, 1.807) is 11.1 Å². The summed E-state index contributed by atoms with van der Waals surface area (Å²) in [4.78, 5) is 0. The van der Waals surface area contributed by atoms with Crippen molar-refractivity contribution in [3.05, 3.63) is 22.3 Å². The Labute approximate surface area is 91.9 Å². The first-order chi connectivity index (χ1) is 7.04. The van der Waals surface area contributed by atoms with Crippen LogP contribution in [0.5, 0.6) is 0 Å². The summed E-state index contributed by atoms with van der Waals surface area (Å²) >= 11 is 0. The summed E-state index contributed by atoms with van der Waals surface area (Å²) in [6, 6.07) is 0. The Kier molecular flexibility index (Phi) is 1.78. The smallest absolute Gasteiger partial charge is 0.0648 e. The van der Waals surface area contributed by atoms with E-state index in [4.69, 9.17) is 0 Å². The lowest BCUT2D eigenvalue weighted by molar-refractivity contribution is 0.113. The average molecular weight is 204 g/mol. The van der Waals surface area contributed by atoms with Gasteiger partial charge in [0.25, 0.3) is 0 Å². The predicted octanol–water partition coefficient (Wildman–Crippen LogP) is 2.92. The van der Waals surface area contributed by atoms with Crippen molar-refractivity contribution in [2.75, 3.05) is 0 Å². The highest BCUT2D eigenvalue weighted by Crippen LogP contribution is 2.69. The van der Waals surface area contributed by atoms with E-state index in [2.05, 4.69) is 27.7 Å². The molecule has 0 heterocycles. The largest absolute Gasteiger partial charge is 0.392 e. The SMILES string of the molecule is CC(C)=C1[C@H]2C(=C(C)C)[C@@H]3C[C@H]2[C@@H](O)[C@H]13. The van der Waals surface area contributed by atoms with Crippen molar-refractivity contribution >= 4 is 0 Å². The number of rotatable bonds is 0. The molecule has 0 aromatic carbocycles. The molecular weight excluding hydrogens is 184 g/mol. The Hall–Kier alpha value is -0.560. The number of aliphatic hydroxyl groups excluding tert-OH is 1. The molecule has 4 fully saturated rings. The van der Waals surface area contributed by atoms with Gasteiger partial charge in [0.2, 0.25) is 0 Å². The van der Waals surface area contributed by atoms with Crippen molar-refractivity contribution < 1.29 is 5.11 Å². The molecule has 4 saturated carbocycles. The Morgan fingerprint density at radius 2 is 1.67 bits per heavy atom. The van der Waals surface area contributed by atoms with Crippen LogP contribution in [0.25, 0.3) is 0 Å². The lowest BCUT2D eigenvalue weighted by Crippen LogP contribution is -2.20. The predicted molar refractivity (Wildman–Crippen MR) is 61.3 cm³/mol. The fourth-order valence-corrected chi connectivity index (χ4v) is 4.53. The minimum absolute atomic E-state index is 0.0343. The second kappa shape index (κ2) is 2.76. The minimum Gasteiger partial charge on any atom is -0.392 e. The summed E-state index contributed by atoms with van der Waals surface area (Å²) in [6.07, 6.45) is 1.21. The zero-order valence-electron chi connectivity index (χ0n) is 10.0. The van der Waals surface area contributed by atoms with E-state index in [1.807, 2.05) is 0 Å². The molecule has 82 valence electrons. The third kappa shape index (κ3) is 0.932. The highest BCUT2D eigenvalue weighted by atomic mass is 16.3. The topological polar surface area (TPSA) is 20.2 Å². The molecule has 0 spiro atoms. The molecule has 1 heteroatoms. The quantitative estimate of drug-likeness (QED) is 0.601. The third-order valence-electron chi connectivity index (χ3n) is 4.78. The molecule has 0 saturated heterocycles. The zero-order chi connectivity index (χ0) is 10.9. The highest BCUT2D eigenvalue weighted by molar-refractivity contribution is 5.49. The van der Waals surface area contributed by atoms with Crippen molar-refractivity contribution in [1.29, 1.82) is 0 Å². The molecule has 0 radical (unpaired) electrons. The zero-order valence-corrected chi connectivity index (χ0v) is 10.0. The Balaban J connectivity index is 2.18. The van der Waals surface area contributed by atoms with Crippen LogP contribution in [0.1, 0.15) is 34.1 Å². The van der Waals surface area contributed by atoms with Gasteiger partial charge in [-0.25, -0.2) is 0 Å². The maximum absolute atomic E-state index is 10.2. The average Bonchev–Trinajstić information content (AvgIpc) is 2.78. The van der Waals surface area contributed by atoms with Gasteiger partial charge in [-0.05, 0) is 46.0 Å². The first-order valence-electron chi connectivity index (χ1n) is 6.06. The van der Waals surface area contributed by atoms with Gasteiger partial charge in [0.1, 0.15) is 0 Å². The molecule has 4 rings (SSSR count). The number of aliphatic hydroxyl groups is 1. The van der Waals surface area contributed by atoms with E-state index < -0.39 is 0 Å². The van der Waals surface area contributed by atoms with Gasteiger partial charge in [-0.15, -0.1) is 0 Å². The number of allylic oxidation sites excluding steroid dienone is 3. The first kappa shape index (κ1) is 9.65. The van der Waals surface area contributed by atoms with E-state index in [0.717, 1.165) is 0 Å². The van der Waals surface area contributed by atoms with E-state index in [1.165, 1.54) is 17.6 Å². The Bertz CT molecular complexity index is 380. The van der Waals surface area contributed by atoms with Gasteiger partial charge in [-0.1, -0.05) is 22.3 Å². The van der Waals surface area contributed by atoms with Crippen LogP contribution in [-0.2, 0) is 0 Å².